The van der Waals surface area contributed by atoms with Gasteiger partial charge in [0.1, 0.15) is 0 Å². The molecule has 2 atom stereocenters. The first kappa shape index (κ1) is 16.9. The Morgan fingerprint density at radius 3 is 2.82 bits per heavy atom. The fourth-order valence-electron chi connectivity index (χ4n) is 2.63. The van der Waals surface area contributed by atoms with E-state index in [0.717, 1.165) is 12.0 Å². The van der Waals surface area contributed by atoms with Gasteiger partial charge in [-0.2, -0.15) is 0 Å². The van der Waals surface area contributed by atoms with Gasteiger partial charge in [-0.1, -0.05) is 12.1 Å². The Morgan fingerprint density at radius 2 is 2.23 bits per heavy atom. The van der Waals surface area contributed by atoms with Crippen LogP contribution < -0.4 is 5.32 Å². The molecule has 1 fully saturated rings. The zero-order valence-corrected chi connectivity index (χ0v) is 13.5. The number of rotatable bonds is 6. The van der Waals surface area contributed by atoms with E-state index in [2.05, 4.69) is 5.32 Å². The molecule has 1 aromatic carbocycles. The van der Waals surface area contributed by atoms with Crippen molar-refractivity contribution in [1.29, 1.82) is 0 Å². The molecule has 7 nitrogen and oxygen atoms in total. The molecular weight excluding hydrogens is 306 g/mol. The van der Waals surface area contributed by atoms with Gasteiger partial charge in [0.05, 0.1) is 11.2 Å². The molecule has 122 valence electrons. The van der Waals surface area contributed by atoms with Crippen molar-refractivity contribution in [2.75, 3.05) is 25.9 Å². The largest absolute Gasteiger partial charge is 0.310 e. The highest BCUT2D eigenvalue weighted by molar-refractivity contribution is 7.88. The van der Waals surface area contributed by atoms with Crippen LogP contribution in [0.1, 0.15) is 24.9 Å². The molecule has 0 amide bonds. The molecule has 1 aliphatic rings. The molecule has 0 saturated carbocycles. The predicted molar refractivity (Wildman–Crippen MR) is 84.0 cm³/mol. The maximum Gasteiger partial charge on any atom is 0.269 e. The molecule has 2 unspecified atom stereocenters. The summed E-state index contributed by atoms with van der Waals surface area (Å²) in [5.74, 6) is 0.274. The minimum Gasteiger partial charge on any atom is -0.310 e. The third-order valence-corrected chi connectivity index (χ3v) is 5.28. The van der Waals surface area contributed by atoms with E-state index in [9.17, 15) is 18.5 Å². The van der Waals surface area contributed by atoms with Gasteiger partial charge in [-0.05, 0) is 31.4 Å². The smallest absolute Gasteiger partial charge is 0.269 e. The van der Waals surface area contributed by atoms with Crippen molar-refractivity contribution in [3.05, 3.63) is 39.9 Å². The van der Waals surface area contributed by atoms with Gasteiger partial charge < -0.3 is 5.32 Å². The topological polar surface area (TPSA) is 92.6 Å². The number of hydrogen-bond acceptors (Lipinski definition) is 5. The minimum absolute atomic E-state index is 0.0211. The SMILES string of the molecule is CC(NCC1CCN(S(C)(=O)=O)C1)c1cccc([N+](=O)[O-])c1. The Hall–Kier alpha value is -1.51. The molecule has 1 aromatic rings. The maximum absolute atomic E-state index is 11.5. The van der Waals surface area contributed by atoms with Crippen LogP contribution >= 0.6 is 0 Å². The summed E-state index contributed by atoms with van der Waals surface area (Å²) in [4.78, 5) is 10.4. The molecular formula is C14H21N3O4S. The third-order valence-electron chi connectivity index (χ3n) is 4.01. The average molecular weight is 327 g/mol. The minimum atomic E-state index is -3.11. The molecule has 8 heteroatoms. The summed E-state index contributed by atoms with van der Waals surface area (Å²) in [7, 11) is -3.11. The fraction of sp³-hybridized carbons (Fsp3) is 0.571. The van der Waals surface area contributed by atoms with Crippen molar-refractivity contribution in [2.24, 2.45) is 5.92 Å². The Bertz CT molecular complexity index is 647. The number of sulfonamides is 1. The Balaban J connectivity index is 1.90. The first-order chi connectivity index (χ1) is 10.3. The summed E-state index contributed by atoms with van der Waals surface area (Å²) in [6.45, 7) is 3.74. The predicted octanol–water partition coefficient (Wildman–Crippen LogP) is 1.53. The molecule has 1 heterocycles. The van der Waals surface area contributed by atoms with Crippen LogP contribution in [0.2, 0.25) is 0 Å². The number of hydrogen-bond donors (Lipinski definition) is 1. The van der Waals surface area contributed by atoms with Crippen LogP contribution in [0.15, 0.2) is 24.3 Å². The molecule has 0 radical (unpaired) electrons. The first-order valence-corrected chi connectivity index (χ1v) is 9.05. The highest BCUT2D eigenvalue weighted by Gasteiger charge is 2.28. The first-order valence-electron chi connectivity index (χ1n) is 7.20. The van der Waals surface area contributed by atoms with Crippen molar-refractivity contribution >= 4 is 15.7 Å². The Labute approximate surface area is 130 Å². The van der Waals surface area contributed by atoms with Crippen LogP contribution in [-0.4, -0.2) is 43.5 Å². The highest BCUT2D eigenvalue weighted by atomic mass is 32.2. The lowest BCUT2D eigenvalue weighted by molar-refractivity contribution is -0.384. The summed E-state index contributed by atoms with van der Waals surface area (Å²) < 4.78 is 24.5. The zero-order valence-electron chi connectivity index (χ0n) is 12.7. The highest BCUT2D eigenvalue weighted by Crippen LogP contribution is 2.21. The maximum atomic E-state index is 11.5. The summed E-state index contributed by atoms with van der Waals surface area (Å²) in [5, 5.41) is 14.1. The molecule has 2 rings (SSSR count). The van der Waals surface area contributed by atoms with E-state index in [0.29, 0.717) is 19.6 Å². The molecule has 1 N–H and O–H groups in total. The number of nitrogens with zero attached hydrogens (tertiary/aromatic N) is 2. The Kier molecular flexibility index (Phi) is 5.15. The van der Waals surface area contributed by atoms with E-state index in [4.69, 9.17) is 0 Å². The molecule has 0 spiro atoms. The number of nitro groups is 1. The monoisotopic (exact) mass is 327 g/mol. The van der Waals surface area contributed by atoms with Crippen LogP contribution in [-0.2, 0) is 10.0 Å². The standard InChI is InChI=1S/C14H21N3O4S/c1-11(13-4-3-5-14(8-13)17(18)19)15-9-12-6-7-16(10-12)22(2,20)21/h3-5,8,11-12,15H,6-7,9-10H2,1-2H3. The van der Waals surface area contributed by atoms with Gasteiger partial charge in [0.2, 0.25) is 10.0 Å². The van der Waals surface area contributed by atoms with E-state index < -0.39 is 14.9 Å². The fourth-order valence-corrected chi connectivity index (χ4v) is 3.55. The van der Waals surface area contributed by atoms with Crippen LogP contribution in [0.4, 0.5) is 5.69 Å². The summed E-state index contributed by atoms with van der Waals surface area (Å²) in [5.41, 5.74) is 0.933. The summed E-state index contributed by atoms with van der Waals surface area (Å²) in [6.07, 6.45) is 2.07. The van der Waals surface area contributed by atoms with Crippen molar-refractivity contribution in [1.82, 2.24) is 9.62 Å². The quantitative estimate of drug-likeness (QED) is 0.632. The van der Waals surface area contributed by atoms with Gasteiger partial charge in [-0.15, -0.1) is 0 Å². The van der Waals surface area contributed by atoms with Gasteiger partial charge in [0.15, 0.2) is 0 Å². The Morgan fingerprint density at radius 1 is 1.50 bits per heavy atom. The van der Waals surface area contributed by atoms with Crippen LogP contribution in [0.3, 0.4) is 0 Å². The second kappa shape index (κ2) is 6.72. The summed E-state index contributed by atoms with van der Waals surface area (Å²) in [6, 6.07) is 6.54. The van der Waals surface area contributed by atoms with Gasteiger partial charge in [-0.25, -0.2) is 12.7 Å². The zero-order chi connectivity index (χ0) is 16.3. The van der Waals surface area contributed by atoms with Crippen LogP contribution in [0, 0.1) is 16.0 Å². The van der Waals surface area contributed by atoms with Gasteiger partial charge in [0.25, 0.3) is 5.69 Å². The third kappa shape index (κ3) is 4.25. The average Bonchev–Trinajstić information content (AvgIpc) is 2.94. The van der Waals surface area contributed by atoms with Gasteiger partial charge >= 0.3 is 0 Å². The van der Waals surface area contributed by atoms with Crippen molar-refractivity contribution in [2.45, 2.75) is 19.4 Å². The molecule has 1 aliphatic heterocycles. The lowest BCUT2D eigenvalue weighted by Gasteiger charge is -2.18. The van der Waals surface area contributed by atoms with Crippen molar-refractivity contribution in [3.63, 3.8) is 0 Å². The molecule has 1 saturated heterocycles. The lowest BCUT2D eigenvalue weighted by atomic mass is 10.1. The van der Waals surface area contributed by atoms with E-state index >= 15 is 0 Å². The number of nitro benzene ring substituents is 1. The number of non-ortho nitro benzene ring substituents is 1. The van der Waals surface area contributed by atoms with Gasteiger partial charge in [0, 0.05) is 31.3 Å². The lowest BCUT2D eigenvalue weighted by Crippen LogP contribution is -2.31. The van der Waals surface area contributed by atoms with E-state index in [1.165, 1.54) is 16.6 Å². The molecule has 0 aromatic heterocycles. The van der Waals surface area contributed by atoms with Crippen molar-refractivity contribution in [3.8, 4) is 0 Å². The molecule has 0 aliphatic carbocycles. The van der Waals surface area contributed by atoms with Crippen LogP contribution in [0.5, 0.6) is 0 Å². The van der Waals surface area contributed by atoms with E-state index in [1.807, 2.05) is 13.0 Å². The summed E-state index contributed by atoms with van der Waals surface area (Å²) >= 11 is 0. The molecule has 0 bridgehead atoms. The normalized spacial score (nSPS) is 20.9. The second-order valence-electron chi connectivity index (χ2n) is 5.76. The number of benzene rings is 1. The van der Waals surface area contributed by atoms with E-state index in [1.54, 1.807) is 12.1 Å². The second-order valence-corrected chi connectivity index (χ2v) is 7.74. The van der Waals surface area contributed by atoms with Crippen LogP contribution in [0.25, 0.3) is 0 Å². The van der Waals surface area contributed by atoms with Gasteiger partial charge in [-0.3, -0.25) is 10.1 Å². The van der Waals surface area contributed by atoms with E-state index in [-0.39, 0.29) is 17.6 Å². The van der Waals surface area contributed by atoms with Crippen molar-refractivity contribution < 1.29 is 13.3 Å². The number of nitrogens with one attached hydrogen (secondary N) is 1. The molecule has 22 heavy (non-hydrogen) atoms.